The third kappa shape index (κ3) is 5.72. The maximum atomic E-state index is 12.9. The molecule has 3 rings (SSSR count). The second-order valence-electron chi connectivity index (χ2n) is 7.34. The third-order valence-electron chi connectivity index (χ3n) is 4.67. The van der Waals surface area contributed by atoms with Gasteiger partial charge in [0.15, 0.2) is 0 Å². The van der Waals surface area contributed by atoms with E-state index in [4.69, 9.17) is 0 Å². The van der Waals surface area contributed by atoms with E-state index < -0.39 is 17.6 Å². The number of carbonyl (C=O) groups is 2. The number of hydrogen-bond acceptors (Lipinski definition) is 2. The van der Waals surface area contributed by atoms with Crippen LogP contribution < -0.4 is 10.6 Å². The van der Waals surface area contributed by atoms with Gasteiger partial charge in [0.05, 0.1) is 5.56 Å². The van der Waals surface area contributed by atoms with Gasteiger partial charge < -0.3 is 10.6 Å². The summed E-state index contributed by atoms with van der Waals surface area (Å²) < 4.78 is 38.6. The molecule has 0 aliphatic carbocycles. The minimum absolute atomic E-state index is 0.0273. The minimum Gasteiger partial charge on any atom is -0.322 e. The van der Waals surface area contributed by atoms with Gasteiger partial charge in [-0.1, -0.05) is 38.1 Å². The molecule has 0 spiro atoms. The summed E-state index contributed by atoms with van der Waals surface area (Å²) in [5.74, 6) is -0.563. The maximum absolute atomic E-state index is 12.9. The van der Waals surface area contributed by atoms with Crippen LogP contribution in [0.4, 0.5) is 24.5 Å². The van der Waals surface area contributed by atoms with Crippen LogP contribution in [-0.4, -0.2) is 11.8 Å². The number of benzene rings is 3. The molecule has 0 aliphatic heterocycles. The third-order valence-corrected chi connectivity index (χ3v) is 4.67. The Morgan fingerprint density at radius 2 is 1.29 bits per heavy atom. The average molecular weight is 426 g/mol. The van der Waals surface area contributed by atoms with E-state index in [-0.39, 0.29) is 17.2 Å². The van der Waals surface area contributed by atoms with Crippen molar-refractivity contribution in [1.82, 2.24) is 0 Å². The Morgan fingerprint density at radius 3 is 1.87 bits per heavy atom. The van der Waals surface area contributed by atoms with Gasteiger partial charge in [-0.3, -0.25) is 9.59 Å². The Balaban J connectivity index is 1.71. The van der Waals surface area contributed by atoms with Crippen molar-refractivity contribution in [1.29, 1.82) is 0 Å². The van der Waals surface area contributed by atoms with Crippen molar-refractivity contribution in [2.75, 3.05) is 10.6 Å². The summed E-state index contributed by atoms with van der Waals surface area (Å²) in [6.07, 6.45) is -4.50. The summed E-state index contributed by atoms with van der Waals surface area (Å²) in [5.41, 5.74) is 1.36. The Morgan fingerprint density at radius 1 is 0.742 bits per heavy atom. The summed E-state index contributed by atoms with van der Waals surface area (Å²) in [4.78, 5) is 25.0. The van der Waals surface area contributed by atoms with Gasteiger partial charge in [0.2, 0.25) is 0 Å². The van der Waals surface area contributed by atoms with Crippen molar-refractivity contribution in [2.24, 2.45) is 0 Å². The second-order valence-corrected chi connectivity index (χ2v) is 7.34. The Labute approximate surface area is 178 Å². The van der Waals surface area contributed by atoms with Gasteiger partial charge in [0, 0.05) is 22.5 Å². The number of hydrogen-bond donors (Lipinski definition) is 2. The first-order valence-electron chi connectivity index (χ1n) is 9.63. The zero-order chi connectivity index (χ0) is 22.6. The highest BCUT2D eigenvalue weighted by Crippen LogP contribution is 2.30. The van der Waals surface area contributed by atoms with Crippen LogP contribution in [0.25, 0.3) is 0 Å². The van der Waals surface area contributed by atoms with E-state index >= 15 is 0 Å². The average Bonchev–Trinajstić information content (AvgIpc) is 2.73. The number of alkyl halides is 3. The van der Waals surface area contributed by atoms with Crippen molar-refractivity contribution in [2.45, 2.75) is 25.9 Å². The van der Waals surface area contributed by atoms with Crippen LogP contribution in [-0.2, 0) is 6.18 Å². The van der Waals surface area contributed by atoms with E-state index in [1.165, 1.54) is 24.3 Å². The van der Waals surface area contributed by atoms with Gasteiger partial charge in [-0.25, -0.2) is 0 Å². The summed E-state index contributed by atoms with van der Waals surface area (Å²) >= 11 is 0. The fourth-order valence-electron chi connectivity index (χ4n) is 2.94. The highest BCUT2D eigenvalue weighted by atomic mass is 19.4. The van der Waals surface area contributed by atoms with Crippen LogP contribution in [0.15, 0.2) is 72.8 Å². The molecule has 0 bridgehead atoms. The number of anilines is 2. The quantitative estimate of drug-likeness (QED) is 0.501. The van der Waals surface area contributed by atoms with Crippen molar-refractivity contribution in [3.8, 4) is 0 Å². The van der Waals surface area contributed by atoms with Gasteiger partial charge in [-0.15, -0.1) is 0 Å². The van der Waals surface area contributed by atoms with E-state index in [1.807, 2.05) is 12.1 Å². The van der Waals surface area contributed by atoms with Crippen LogP contribution >= 0.6 is 0 Å². The molecule has 7 heteroatoms. The first-order valence-corrected chi connectivity index (χ1v) is 9.63. The number of amides is 2. The molecule has 2 N–H and O–H groups in total. The Hall–Kier alpha value is -3.61. The van der Waals surface area contributed by atoms with Crippen molar-refractivity contribution < 1.29 is 22.8 Å². The van der Waals surface area contributed by atoms with Crippen molar-refractivity contribution in [3.05, 3.63) is 95.1 Å². The fourth-order valence-corrected chi connectivity index (χ4v) is 2.94. The van der Waals surface area contributed by atoms with E-state index in [0.29, 0.717) is 17.2 Å². The second kappa shape index (κ2) is 9.04. The molecule has 0 fully saturated rings. The lowest BCUT2D eigenvalue weighted by Gasteiger charge is -2.11. The van der Waals surface area contributed by atoms with Crippen LogP contribution in [0, 0.1) is 0 Å². The molecule has 0 aromatic heterocycles. The molecular formula is C24H21F3N2O2. The highest BCUT2D eigenvalue weighted by Gasteiger charge is 2.30. The maximum Gasteiger partial charge on any atom is 0.416 e. The zero-order valence-corrected chi connectivity index (χ0v) is 17.0. The Kier molecular flexibility index (Phi) is 6.44. The zero-order valence-electron chi connectivity index (χ0n) is 17.0. The lowest BCUT2D eigenvalue weighted by Crippen LogP contribution is -2.15. The highest BCUT2D eigenvalue weighted by molar-refractivity contribution is 6.07. The van der Waals surface area contributed by atoms with E-state index in [1.54, 1.807) is 24.3 Å². The lowest BCUT2D eigenvalue weighted by atomic mass is 10.0. The van der Waals surface area contributed by atoms with Gasteiger partial charge in [0.1, 0.15) is 0 Å². The van der Waals surface area contributed by atoms with Crippen LogP contribution in [0.1, 0.15) is 51.6 Å². The Bertz CT molecular complexity index is 1090. The molecule has 0 saturated heterocycles. The van der Waals surface area contributed by atoms with E-state index in [2.05, 4.69) is 24.5 Å². The number of halogens is 3. The molecule has 0 atom stereocenters. The predicted molar refractivity (Wildman–Crippen MR) is 114 cm³/mol. The van der Waals surface area contributed by atoms with Crippen molar-refractivity contribution >= 4 is 23.2 Å². The van der Waals surface area contributed by atoms with Crippen LogP contribution in [0.5, 0.6) is 0 Å². The molecule has 2 amide bonds. The molecule has 3 aromatic rings. The number of carbonyl (C=O) groups excluding carboxylic acids is 2. The van der Waals surface area contributed by atoms with Crippen molar-refractivity contribution in [3.63, 3.8) is 0 Å². The van der Waals surface area contributed by atoms with Gasteiger partial charge in [0.25, 0.3) is 11.8 Å². The summed E-state index contributed by atoms with van der Waals surface area (Å²) in [6, 6.07) is 17.8. The molecule has 160 valence electrons. The topological polar surface area (TPSA) is 58.2 Å². The molecule has 0 unspecified atom stereocenters. The van der Waals surface area contributed by atoms with Gasteiger partial charge >= 0.3 is 6.18 Å². The molecule has 0 heterocycles. The standard InChI is InChI=1S/C24H21F3N2O2/c1-15(2)16-9-11-17(12-10-16)22(30)28-20-7-3-5-18(13-20)23(31)29-21-8-4-6-19(14-21)24(25,26)27/h3-15H,1-2H3,(H,28,30)(H,29,31). The molecule has 0 aliphatic rings. The molecule has 3 aromatic carbocycles. The lowest BCUT2D eigenvalue weighted by molar-refractivity contribution is -0.137. The summed E-state index contributed by atoms with van der Waals surface area (Å²) in [7, 11) is 0. The summed E-state index contributed by atoms with van der Waals surface area (Å²) in [5, 5.41) is 5.18. The van der Waals surface area contributed by atoms with Crippen LogP contribution in [0.3, 0.4) is 0 Å². The SMILES string of the molecule is CC(C)c1ccc(C(=O)Nc2cccc(C(=O)Nc3cccc(C(F)(F)F)c3)c2)cc1. The van der Waals surface area contributed by atoms with E-state index in [9.17, 15) is 22.8 Å². The predicted octanol–water partition coefficient (Wildman–Crippen LogP) is 6.33. The number of nitrogens with one attached hydrogen (secondary N) is 2. The van der Waals surface area contributed by atoms with Gasteiger partial charge in [-0.05, 0) is 60.0 Å². The largest absolute Gasteiger partial charge is 0.416 e. The molecule has 0 saturated carbocycles. The van der Waals surface area contributed by atoms with Gasteiger partial charge in [-0.2, -0.15) is 13.2 Å². The molecule has 4 nitrogen and oxygen atoms in total. The normalized spacial score (nSPS) is 11.3. The smallest absolute Gasteiger partial charge is 0.322 e. The fraction of sp³-hybridized carbons (Fsp3) is 0.167. The molecular weight excluding hydrogens is 405 g/mol. The van der Waals surface area contributed by atoms with Crippen LogP contribution in [0.2, 0.25) is 0 Å². The minimum atomic E-state index is -4.50. The molecule has 0 radical (unpaired) electrons. The molecule has 31 heavy (non-hydrogen) atoms. The summed E-state index contributed by atoms with van der Waals surface area (Å²) in [6.45, 7) is 4.12. The monoisotopic (exact) mass is 426 g/mol. The first kappa shape index (κ1) is 22.1. The van der Waals surface area contributed by atoms with E-state index in [0.717, 1.165) is 17.7 Å². The first-order chi connectivity index (χ1) is 14.6. The number of rotatable bonds is 5.